The summed E-state index contributed by atoms with van der Waals surface area (Å²) < 4.78 is 5.44. The second-order valence-electron chi connectivity index (χ2n) is 3.15. The number of aromatic nitrogens is 1. The molecule has 0 amide bonds. The van der Waals surface area contributed by atoms with Gasteiger partial charge in [0, 0.05) is 6.20 Å². The predicted octanol–water partition coefficient (Wildman–Crippen LogP) is 1.31. The first-order valence-electron chi connectivity index (χ1n) is 4.35. The quantitative estimate of drug-likeness (QED) is 0.671. The Hall–Kier alpha value is -1.89. The minimum Gasteiger partial charge on any atom is -0.488 e. The highest BCUT2D eigenvalue weighted by Crippen LogP contribution is 2.28. The van der Waals surface area contributed by atoms with Crippen LogP contribution in [0, 0.1) is 11.3 Å². The molecular formula is C10H8N2O2. The van der Waals surface area contributed by atoms with Crippen LogP contribution in [0.4, 0.5) is 0 Å². The first kappa shape index (κ1) is 8.70. The molecule has 1 aromatic heterocycles. The number of carbonyl (C=O) groups is 1. The number of hydrogen-bond acceptors (Lipinski definition) is 4. The third-order valence-corrected chi connectivity index (χ3v) is 2.01. The molecule has 0 aromatic carbocycles. The molecule has 0 N–H and O–H groups in total. The molecule has 2 rings (SSSR count). The van der Waals surface area contributed by atoms with Crippen LogP contribution >= 0.6 is 0 Å². The Morgan fingerprint density at radius 2 is 2.36 bits per heavy atom. The van der Waals surface area contributed by atoms with E-state index in [9.17, 15) is 4.79 Å². The summed E-state index contributed by atoms with van der Waals surface area (Å²) in [6, 6.07) is 1.91. The largest absolute Gasteiger partial charge is 0.488 e. The van der Waals surface area contributed by atoms with Crippen molar-refractivity contribution in [3.63, 3.8) is 0 Å². The summed E-state index contributed by atoms with van der Waals surface area (Å²) in [5, 5.41) is 8.72. The average Bonchev–Trinajstić information content (AvgIpc) is 3.01. The van der Waals surface area contributed by atoms with Gasteiger partial charge in [-0.15, -0.1) is 0 Å². The van der Waals surface area contributed by atoms with Crippen molar-refractivity contribution in [2.45, 2.75) is 18.9 Å². The molecule has 1 fully saturated rings. The SMILES string of the molecule is N#Cc1cncc(OC2CC2)c1C=O. The summed E-state index contributed by atoms with van der Waals surface area (Å²) in [6.07, 6.45) is 5.69. The van der Waals surface area contributed by atoms with Gasteiger partial charge in [-0.2, -0.15) is 5.26 Å². The maximum absolute atomic E-state index is 10.8. The van der Waals surface area contributed by atoms with Crippen LogP contribution in [0.1, 0.15) is 28.8 Å². The molecule has 4 nitrogen and oxygen atoms in total. The molecule has 0 unspecified atom stereocenters. The van der Waals surface area contributed by atoms with Gasteiger partial charge in [0.05, 0.1) is 23.4 Å². The van der Waals surface area contributed by atoms with E-state index in [-0.39, 0.29) is 11.7 Å². The van der Waals surface area contributed by atoms with Gasteiger partial charge in [-0.25, -0.2) is 0 Å². The van der Waals surface area contributed by atoms with Crippen LogP contribution < -0.4 is 4.74 Å². The summed E-state index contributed by atoms with van der Waals surface area (Å²) in [4.78, 5) is 14.6. The van der Waals surface area contributed by atoms with Gasteiger partial charge in [-0.3, -0.25) is 9.78 Å². The molecule has 1 aliphatic carbocycles. The van der Waals surface area contributed by atoms with Crippen LogP contribution in [0.25, 0.3) is 0 Å². The number of ether oxygens (including phenoxy) is 1. The lowest BCUT2D eigenvalue weighted by molar-refractivity contribution is 0.111. The Morgan fingerprint density at radius 3 is 2.93 bits per heavy atom. The van der Waals surface area contributed by atoms with Crippen molar-refractivity contribution in [3.8, 4) is 11.8 Å². The monoisotopic (exact) mass is 188 g/mol. The van der Waals surface area contributed by atoms with Crippen molar-refractivity contribution in [2.24, 2.45) is 0 Å². The maximum atomic E-state index is 10.8. The summed E-state index contributed by atoms with van der Waals surface area (Å²) in [5.41, 5.74) is 0.563. The van der Waals surface area contributed by atoms with E-state index in [0.717, 1.165) is 12.8 Å². The first-order chi connectivity index (χ1) is 6.85. The molecule has 4 heteroatoms. The minimum absolute atomic E-state index is 0.199. The predicted molar refractivity (Wildman–Crippen MR) is 48.0 cm³/mol. The summed E-state index contributed by atoms with van der Waals surface area (Å²) in [6.45, 7) is 0. The first-order valence-corrected chi connectivity index (χ1v) is 4.35. The summed E-state index contributed by atoms with van der Waals surface area (Å²) in [5.74, 6) is 0.418. The van der Waals surface area contributed by atoms with E-state index in [2.05, 4.69) is 4.98 Å². The maximum Gasteiger partial charge on any atom is 0.155 e. The van der Waals surface area contributed by atoms with Crippen molar-refractivity contribution in [1.29, 1.82) is 5.26 Å². The number of hydrogen-bond donors (Lipinski definition) is 0. The number of rotatable bonds is 3. The normalized spacial score (nSPS) is 14.5. The van der Waals surface area contributed by atoms with E-state index >= 15 is 0 Å². The van der Waals surface area contributed by atoms with E-state index in [4.69, 9.17) is 10.00 Å². The fraction of sp³-hybridized carbons (Fsp3) is 0.300. The molecular weight excluding hydrogens is 180 g/mol. The molecule has 70 valence electrons. The highest BCUT2D eigenvalue weighted by Gasteiger charge is 2.25. The molecule has 0 aliphatic heterocycles. The number of nitriles is 1. The highest BCUT2D eigenvalue weighted by atomic mass is 16.5. The fourth-order valence-electron chi connectivity index (χ4n) is 1.12. The highest BCUT2D eigenvalue weighted by molar-refractivity contribution is 5.82. The van der Waals surface area contributed by atoms with Crippen molar-refractivity contribution < 1.29 is 9.53 Å². The van der Waals surface area contributed by atoms with Gasteiger partial charge in [0.2, 0.25) is 0 Å². The van der Waals surface area contributed by atoms with Crippen LogP contribution in [-0.2, 0) is 0 Å². The molecule has 1 aromatic rings. The van der Waals surface area contributed by atoms with Gasteiger partial charge in [0.25, 0.3) is 0 Å². The molecule has 1 saturated carbocycles. The van der Waals surface area contributed by atoms with Gasteiger partial charge in [0.15, 0.2) is 6.29 Å². The molecule has 0 spiro atoms. The van der Waals surface area contributed by atoms with Crippen LogP contribution in [0.15, 0.2) is 12.4 Å². The Morgan fingerprint density at radius 1 is 1.57 bits per heavy atom. The van der Waals surface area contributed by atoms with Crippen molar-refractivity contribution in [2.75, 3.05) is 0 Å². The zero-order valence-electron chi connectivity index (χ0n) is 7.43. The third-order valence-electron chi connectivity index (χ3n) is 2.01. The minimum atomic E-state index is 0.199. The van der Waals surface area contributed by atoms with E-state index in [1.54, 1.807) is 0 Å². The number of carbonyl (C=O) groups excluding carboxylic acids is 1. The van der Waals surface area contributed by atoms with Gasteiger partial charge in [-0.1, -0.05) is 0 Å². The topological polar surface area (TPSA) is 63.0 Å². The van der Waals surface area contributed by atoms with E-state index in [1.807, 2.05) is 6.07 Å². The number of nitrogens with zero attached hydrogens (tertiary/aromatic N) is 2. The van der Waals surface area contributed by atoms with Crippen molar-refractivity contribution in [1.82, 2.24) is 4.98 Å². The third kappa shape index (κ3) is 1.57. The smallest absolute Gasteiger partial charge is 0.155 e. The van der Waals surface area contributed by atoms with Crippen LogP contribution in [0.3, 0.4) is 0 Å². The molecule has 0 saturated heterocycles. The fourth-order valence-corrected chi connectivity index (χ4v) is 1.12. The Labute approximate surface area is 81.1 Å². The van der Waals surface area contributed by atoms with Gasteiger partial charge >= 0.3 is 0 Å². The summed E-state index contributed by atoms with van der Waals surface area (Å²) >= 11 is 0. The van der Waals surface area contributed by atoms with Gasteiger partial charge in [-0.05, 0) is 12.8 Å². The number of pyridine rings is 1. The standard InChI is InChI=1S/C10H8N2O2/c11-3-7-4-12-5-10(9(7)6-13)14-8-1-2-8/h4-6,8H,1-2H2. The number of aldehydes is 1. The average molecular weight is 188 g/mol. The Kier molecular flexibility index (Phi) is 2.15. The lowest BCUT2D eigenvalue weighted by Crippen LogP contribution is -2.01. The second kappa shape index (κ2) is 3.46. The molecule has 1 aliphatic rings. The molecule has 14 heavy (non-hydrogen) atoms. The lowest BCUT2D eigenvalue weighted by Gasteiger charge is -2.06. The van der Waals surface area contributed by atoms with Crippen LogP contribution in [0.5, 0.6) is 5.75 Å². The molecule has 0 radical (unpaired) electrons. The van der Waals surface area contributed by atoms with Gasteiger partial charge < -0.3 is 4.74 Å². The molecule has 0 bridgehead atoms. The second-order valence-corrected chi connectivity index (χ2v) is 3.15. The lowest BCUT2D eigenvalue weighted by atomic mass is 10.1. The van der Waals surface area contributed by atoms with Crippen LogP contribution in [-0.4, -0.2) is 17.4 Å². The van der Waals surface area contributed by atoms with E-state index in [1.165, 1.54) is 12.4 Å². The Balaban J connectivity index is 2.37. The van der Waals surface area contributed by atoms with Crippen molar-refractivity contribution in [3.05, 3.63) is 23.5 Å². The molecule has 1 heterocycles. The molecule has 0 atom stereocenters. The summed E-state index contributed by atoms with van der Waals surface area (Å²) in [7, 11) is 0. The van der Waals surface area contributed by atoms with Gasteiger partial charge in [0.1, 0.15) is 11.8 Å². The zero-order valence-corrected chi connectivity index (χ0v) is 7.43. The van der Waals surface area contributed by atoms with E-state index < -0.39 is 0 Å². The Bertz CT molecular complexity index is 405. The van der Waals surface area contributed by atoms with Crippen LogP contribution in [0.2, 0.25) is 0 Å². The zero-order chi connectivity index (χ0) is 9.97. The van der Waals surface area contributed by atoms with Crippen molar-refractivity contribution >= 4 is 6.29 Å². The van der Waals surface area contributed by atoms with E-state index in [0.29, 0.717) is 17.6 Å².